The van der Waals surface area contributed by atoms with Crippen molar-refractivity contribution in [3.05, 3.63) is 47.5 Å². The van der Waals surface area contributed by atoms with Crippen LogP contribution in [0, 0.1) is 11.7 Å². The number of hydrogen-bond donors (Lipinski definition) is 0. The number of para-hydroxylation sites is 1. The fourth-order valence-corrected chi connectivity index (χ4v) is 3.63. The van der Waals surface area contributed by atoms with E-state index in [0.717, 1.165) is 44.4 Å². The van der Waals surface area contributed by atoms with E-state index in [1.54, 1.807) is 0 Å². The lowest BCUT2D eigenvalue weighted by molar-refractivity contribution is -0.143. The number of benzene rings is 1. The standard InChI is InChI=1S/C19H21F4N3O/c1-25(12-13-7-3-2-4-8-13)18(27)14-11-24-26(17(14)19(21,22)23)16-10-6-5-9-15(16)20/h5-6,9-11,13H,2-4,7-8,12H2,1H3. The number of rotatable bonds is 4. The maximum Gasteiger partial charge on any atom is 0.434 e. The van der Waals surface area contributed by atoms with Crippen LogP contribution in [0.2, 0.25) is 0 Å². The van der Waals surface area contributed by atoms with Crippen LogP contribution in [0.4, 0.5) is 17.6 Å². The van der Waals surface area contributed by atoms with Gasteiger partial charge in [0.25, 0.3) is 5.91 Å². The number of carbonyl (C=O) groups excluding carboxylic acids is 1. The van der Waals surface area contributed by atoms with Gasteiger partial charge in [-0.15, -0.1) is 0 Å². The van der Waals surface area contributed by atoms with Crippen molar-refractivity contribution in [2.45, 2.75) is 38.3 Å². The van der Waals surface area contributed by atoms with Gasteiger partial charge in [0.2, 0.25) is 0 Å². The van der Waals surface area contributed by atoms with Gasteiger partial charge in [-0.3, -0.25) is 4.79 Å². The molecule has 146 valence electrons. The van der Waals surface area contributed by atoms with Gasteiger partial charge in [0.05, 0.1) is 11.8 Å². The van der Waals surface area contributed by atoms with Crippen molar-refractivity contribution < 1.29 is 22.4 Å². The molecule has 4 nitrogen and oxygen atoms in total. The second kappa shape index (κ2) is 7.70. The highest BCUT2D eigenvalue weighted by molar-refractivity contribution is 5.95. The molecule has 1 aromatic carbocycles. The van der Waals surface area contributed by atoms with E-state index >= 15 is 0 Å². The van der Waals surface area contributed by atoms with E-state index < -0.39 is 29.2 Å². The van der Waals surface area contributed by atoms with E-state index in [-0.39, 0.29) is 5.69 Å². The number of alkyl halides is 3. The third-order valence-electron chi connectivity index (χ3n) is 4.95. The first kappa shape index (κ1) is 19.4. The van der Waals surface area contributed by atoms with Gasteiger partial charge in [0.15, 0.2) is 5.69 Å². The summed E-state index contributed by atoms with van der Waals surface area (Å²) in [6.45, 7) is 0.404. The Hall–Kier alpha value is -2.38. The summed E-state index contributed by atoms with van der Waals surface area (Å²) < 4.78 is 55.5. The van der Waals surface area contributed by atoms with Crippen LogP contribution in [-0.2, 0) is 6.18 Å². The van der Waals surface area contributed by atoms with E-state index in [1.165, 1.54) is 30.1 Å². The molecule has 1 heterocycles. The lowest BCUT2D eigenvalue weighted by Gasteiger charge is -2.27. The Morgan fingerprint density at radius 2 is 1.89 bits per heavy atom. The summed E-state index contributed by atoms with van der Waals surface area (Å²) in [5.74, 6) is -1.31. The third kappa shape index (κ3) is 4.14. The molecule has 0 bridgehead atoms. The molecule has 1 aliphatic carbocycles. The molecular weight excluding hydrogens is 362 g/mol. The van der Waals surface area contributed by atoms with Crippen LogP contribution >= 0.6 is 0 Å². The quantitative estimate of drug-likeness (QED) is 0.719. The molecule has 0 saturated heterocycles. The second-order valence-corrected chi connectivity index (χ2v) is 6.96. The Labute approximate surface area is 154 Å². The Morgan fingerprint density at radius 1 is 1.22 bits per heavy atom. The Morgan fingerprint density at radius 3 is 2.52 bits per heavy atom. The van der Waals surface area contributed by atoms with Gasteiger partial charge in [-0.25, -0.2) is 9.07 Å². The SMILES string of the molecule is CN(CC1CCCCC1)C(=O)c1cnn(-c2ccccc2F)c1C(F)(F)F. The fourth-order valence-electron chi connectivity index (χ4n) is 3.63. The molecule has 0 N–H and O–H groups in total. The van der Waals surface area contributed by atoms with Gasteiger partial charge in [0.1, 0.15) is 11.5 Å². The van der Waals surface area contributed by atoms with Crippen LogP contribution in [0.3, 0.4) is 0 Å². The molecule has 3 rings (SSSR count). The van der Waals surface area contributed by atoms with Crippen molar-refractivity contribution in [1.82, 2.24) is 14.7 Å². The largest absolute Gasteiger partial charge is 0.434 e. The van der Waals surface area contributed by atoms with Crippen LogP contribution < -0.4 is 0 Å². The zero-order chi connectivity index (χ0) is 19.6. The van der Waals surface area contributed by atoms with E-state index in [2.05, 4.69) is 5.10 Å². The van der Waals surface area contributed by atoms with Crippen LogP contribution in [0.5, 0.6) is 0 Å². The van der Waals surface area contributed by atoms with Crippen LogP contribution in [0.1, 0.15) is 48.2 Å². The lowest BCUT2D eigenvalue weighted by atomic mass is 9.89. The van der Waals surface area contributed by atoms with Gasteiger partial charge in [-0.1, -0.05) is 31.4 Å². The molecule has 1 fully saturated rings. The molecule has 8 heteroatoms. The van der Waals surface area contributed by atoms with E-state index in [0.29, 0.717) is 17.1 Å². The van der Waals surface area contributed by atoms with Gasteiger partial charge in [0, 0.05) is 13.6 Å². The molecule has 1 saturated carbocycles. The Balaban J connectivity index is 1.93. The average Bonchev–Trinajstić information content (AvgIpc) is 3.07. The summed E-state index contributed by atoms with van der Waals surface area (Å²) >= 11 is 0. The summed E-state index contributed by atoms with van der Waals surface area (Å²) in [7, 11) is 1.50. The number of aromatic nitrogens is 2. The lowest BCUT2D eigenvalue weighted by Crippen LogP contribution is -2.34. The van der Waals surface area contributed by atoms with E-state index in [9.17, 15) is 22.4 Å². The first-order valence-corrected chi connectivity index (χ1v) is 8.94. The summed E-state index contributed by atoms with van der Waals surface area (Å²) in [5, 5.41) is 3.67. The molecule has 1 aliphatic rings. The number of nitrogens with zero attached hydrogens (tertiary/aromatic N) is 3. The molecule has 0 atom stereocenters. The minimum absolute atomic E-state index is 0.295. The van der Waals surface area contributed by atoms with Gasteiger partial charge >= 0.3 is 6.18 Å². The first-order valence-electron chi connectivity index (χ1n) is 8.94. The highest BCUT2D eigenvalue weighted by Gasteiger charge is 2.41. The van der Waals surface area contributed by atoms with Crippen molar-refractivity contribution in [3.63, 3.8) is 0 Å². The Bertz CT molecular complexity index is 810. The van der Waals surface area contributed by atoms with Crippen molar-refractivity contribution in [1.29, 1.82) is 0 Å². The monoisotopic (exact) mass is 383 g/mol. The molecule has 0 spiro atoms. The maximum atomic E-state index is 14.0. The zero-order valence-corrected chi connectivity index (χ0v) is 15.0. The van der Waals surface area contributed by atoms with Crippen LogP contribution in [0.15, 0.2) is 30.5 Å². The van der Waals surface area contributed by atoms with E-state index in [1.807, 2.05) is 0 Å². The third-order valence-corrected chi connectivity index (χ3v) is 4.95. The molecule has 0 radical (unpaired) electrons. The maximum absolute atomic E-state index is 14.0. The van der Waals surface area contributed by atoms with Crippen molar-refractivity contribution >= 4 is 5.91 Å². The predicted octanol–water partition coefficient (Wildman–Crippen LogP) is 4.68. The normalized spacial score (nSPS) is 15.7. The van der Waals surface area contributed by atoms with Crippen molar-refractivity contribution in [3.8, 4) is 5.69 Å². The molecule has 1 amide bonds. The molecule has 0 unspecified atom stereocenters. The number of amides is 1. The van der Waals surface area contributed by atoms with Gasteiger partial charge < -0.3 is 4.90 Å². The topological polar surface area (TPSA) is 38.1 Å². The number of hydrogen-bond acceptors (Lipinski definition) is 2. The van der Waals surface area contributed by atoms with Crippen molar-refractivity contribution in [2.75, 3.05) is 13.6 Å². The van der Waals surface area contributed by atoms with Crippen LogP contribution in [0.25, 0.3) is 5.69 Å². The first-order chi connectivity index (χ1) is 12.8. The smallest absolute Gasteiger partial charge is 0.341 e. The Kier molecular flexibility index (Phi) is 5.53. The molecule has 27 heavy (non-hydrogen) atoms. The number of halogens is 4. The van der Waals surface area contributed by atoms with E-state index in [4.69, 9.17) is 0 Å². The van der Waals surface area contributed by atoms with Crippen molar-refractivity contribution in [2.24, 2.45) is 5.92 Å². The highest BCUT2D eigenvalue weighted by Crippen LogP contribution is 2.35. The van der Waals surface area contributed by atoms with Crippen LogP contribution in [-0.4, -0.2) is 34.2 Å². The summed E-state index contributed by atoms with van der Waals surface area (Å²) in [6.07, 6.45) is 1.26. The molecule has 1 aromatic heterocycles. The predicted molar refractivity (Wildman–Crippen MR) is 92.1 cm³/mol. The molecule has 2 aromatic rings. The summed E-state index contributed by atoms with van der Waals surface area (Å²) in [5.41, 5.74) is -2.17. The fraction of sp³-hybridized carbons (Fsp3) is 0.474. The zero-order valence-electron chi connectivity index (χ0n) is 15.0. The average molecular weight is 383 g/mol. The summed E-state index contributed by atoms with van der Waals surface area (Å²) in [6, 6.07) is 5.03. The minimum atomic E-state index is -4.85. The second-order valence-electron chi connectivity index (χ2n) is 6.96. The van der Waals surface area contributed by atoms with Gasteiger partial charge in [-0.2, -0.15) is 18.3 Å². The summed E-state index contributed by atoms with van der Waals surface area (Å²) in [4.78, 5) is 14.0. The number of carbonyl (C=O) groups is 1. The van der Waals surface area contributed by atoms with Gasteiger partial charge in [-0.05, 0) is 30.9 Å². The molecule has 0 aliphatic heterocycles. The minimum Gasteiger partial charge on any atom is -0.341 e. The highest BCUT2D eigenvalue weighted by atomic mass is 19.4. The molecular formula is C19H21F4N3O.